The average Bonchev–Trinajstić information content (AvgIpc) is 1.90. The van der Waals surface area contributed by atoms with Crippen molar-refractivity contribution in [2.75, 3.05) is 14.2 Å². The Morgan fingerprint density at radius 2 is 1.25 bits per heavy atom. The van der Waals surface area contributed by atoms with Crippen LogP contribution in [0.25, 0.3) is 0 Å². The number of aliphatic hydroxyl groups is 1. The topological polar surface area (TPSA) is 29.5 Å². The van der Waals surface area contributed by atoms with E-state index >= 15 is 0 Å². The molecule has 1 N–H and O–H groups in total. The largest absolute Gasteiger partial charge is 0.400 e. The Labute approximate surface area is 77.3 Å². The Morgan fingerprint density at radius 1 is 1.17 bits per heavy atom. The van der Waals surface area contributed by atoms with E-state index in [1.807, 2.05) is 34.6 Å². The minimum Gasteiger partial charge on any atom is -0.400 e. The summed E-state index contributed by atoms with van der Waals surface area (Å²) in [5.41, 5.74) is 1.21. The smallest absolute Gasteiger partial charge is 0.0594 e. The van der Waals surface area contributed by atoms with Crippen LogP contribution in [0.5, 0.6) is 0 Å². The summed E-state index contributed by atoms with van der Waals surface area (Å²) in [7, 11) is 2.71. The molecule has 12 heavy (non-hydrogen) atoms. The molecule has 0 amide bonds. The Balaban J connectivity index is -0.000000118. The molecule has 0 saturated heterocycles. The van der Waals surface area contributed by atoms with Crippen LogP contribution in [0.1, 0.15) is 34.6 Å². The fourth-order valence-electron chi connectivity index (χ4n) is 0. The number of rotatable bonds is 0. The fourth-order valence-corrected chi connectivity index (χ4v) is 0. The van der Waals surface area contributed by atoms with Crippen LogP contribution in [0.2, 0.25) is 0 Å². The highest BCUT2D eigenvalue weighted by Crippen LogP contribution is 2.02. The van der Waals surface area contributed by atoms with Gasteiger partial charge in [0, 0.05) is 14.2 Å². The highest BCUT2D eigenvalue weighted by molar-refractivity contribution is 4.78. The summed E-state index contributed by atoms with van der Waals surface area (Å²) in [5, 5.41) is 7.00. The molecular weight excluding hydrogens is 152 g/mol. The molecule has 0 spiro atoms. The van der Waals surface area contributed by atoms with Crippen LogP contribution in [0.15, 0.2) is 12.2 Å². The molecule has 0 radical (unpaired) electrons. The zero-order valence-electron chi connectivity index (χ0n) is 9.56. The monoisotopic (exact) mass is 176 g/mol. The summed E-state index contributed by atoms with van der Waals surface area (Å²) in [6.45, 7) is 13.6. The molecule has 0 aromatic carbocycles. The minimum atomic E-state index is 0.0417. The lowest BCUT2D eigenvalue weighted by Gasteiger charge is -2.14. The van der Waals surface area contributed by atoms with Gasteiger partial charge in [-0.2, -0.15) is 0 Å². The molecule has 2 heteroatoms. The highest BCUT2D eigenvalue weighted by Gasteiger charge is 2.03. The molecule has 0 heterocycles. The molecular formula is C10H24O2. The van der Waals surface area contributed by atoms with Gasteiger partial charge >= 0.3 is 0 Å². The van der Waals surface area contributed by atoms with Crippen molar-refractivity contribution < 1.29 is 9.84 Å². The van der Waals surface area contributed by atoms with Gasteiger partial charge in [0.1, 0.15) is 0 Å². The third kappa shape index (κ3) is 102. The van der Waals surface area contributed by atoms with Crippen molar-refractivity contribution in [3.63, 3.8) is 0 Å². The van der Waals surface area contributed by atoms with E-state index in [1.165, 1.54) is 5.57 Å². The van der Waals surface area contributed by atoms with Gasteiger partial charge < -0.3 is 9.84 Å². The van der Waals surface area contributed by atoms with Gasteiger partial charge in [-0.1, -0.05) is 5.57 Å². The quantitative estimate of drug-likeness (QED) is 0.575. The lowest BCUT2D eigenvalue weighted by Crippen LogP contribution is -2.15. The summed E-state index contributed by atoms with van der Waals surface area (Å²) in [5.74, 6) is 0. The Bertz CT molecular complexity index is 86.5. The third-order valence-corrected chi connectivity index (χ3v) is 0.612. The summed E-state index contributed by atoms with van der Waals surface area (Å²) < 4.78 is 4.94. The van der Waals surface area contributed by atoms with Gasteiger partial charge in [-0.05, 0) is 34.6 Å². The van der Waals surface area contributed by atoms with Crippen molar-refractivity contribution in [2.45, 2.75) is 40.2 Å². The van der Waals surface area contributed by atoms with Crippen molar-refractivity contribution >= 4 is 0 Å². The second kappa shape index (κ2) is 10.7. The molecule has 0 atom stereocenters. The third-order valence-electron chi connectivity index (χ3n) is 0.612. The lowest BCUT2D eigenvalue weighted by atomic mass is 10.2. The van der Waals surface area contributed by atoms with Crippen molar-refractivity contribution in [3.8, 4) is 0 Å². The molecule has 0 aliphatic rings. The van der Waals surface area contributed by atoms with Gasteiger partial charge in [0.25, 0.3) is 0 Å². The Morgan fingerprint density at radius 3 is 1.25 bits per heavy atom. The maximum Gasteiger partial charge on any atom is 0.0594 e. The van der Waals surface area contributed by atoms with E-state index in [-0.39, 0.29) is 5.60 Å². The summed E-state index contributed by atoms with van der Waals surface area (Å²) in [4.78, 5) is 0. The maximum atomic E-state index is 7.00. The summed E-state index contributed by atoms with van der Waals surface area (Å²) >= 11 is 0. The van der Waals surface area contributed by atoms with Crippen molar-refractivity contribution in [1.82, 2.24) is 0 Å². The first-order chi connectivity index (χ1) is 5.29. The van der Waals surface area contributed by atoms with Gasteiger partial charge in [-0.25, -0.2) is 0 Å². The Kier molecular flexibility index (Phi) is 15.7. The van der Waals surface area contributed by atoms with Gasteiger partial charge in [-0.15, -0.1) is 6.58 Å². The van der Waals surface area contributed by atoms with Crippen LogP contribution in [0, 0.1) is 0 Å². The van der Waals surface area contributed by atoms with E-state index in [0.717, 1.165) is 7.11 Å². The summed E-state index contributed by atoms with van der Waals surface area (Å²) in [6.07, 6.45) is 0. The molecule has 76 valence electrons. The average molecular weight is 176 g/mol. The first kappa shape index (κ1) is 17.7. The standard InChI is InChI=1S/C5H12O.C4H8.CH4O/c1-5(2,3)6-4;1-4(2)3;1-2/h1-4H3;1H2,2-3H3;2H,1H3. The number of methoxy groups -OCH3 is 1. The number of aliphatic hydroxyl groups excluding tert-OH is 1. The SMILES string of the molecule is C=C(C)C.CO.COC(C)(C)C. The first-order valence-corrected chi connectivity index (χ1v) is 3.91. The van der Waals surface area contributed by atoms with Gasteiger partial charge in [-0.3, -0.25) is 0 Å². The molecule has 0 aliphatic heterocycles. The molecule has 2 nitrogen and oxygen atoms in total. The number of ether oxygens (including phenoxy) is 1. The van der Waals surface area contributed by atoms with Gasteiger partial charge in [0.15, 0.2) is 0 Å². The van der Waals surface area contributed by atoms with E-state index in [9.17, 15) is 0 Å². The van der Waals surface area contributed by atoms with Crippen LogP contribution in [-0.2, 0) is 4.74 Å². The van der Waals surface area contributed by atoms with Crippen molar-refractivity contribution in [3.05, 3.63) is 12.2 Å². The molecule has 0 bridgehead atoms. The molecule has 0 aliphatic carbocycles. The summed E-state index contributed by atoms with van der Waals surface area (Å²) in [6, 6.07) is 0. The normalized spacial score (nSPS) is 8.67. The molecule has 0 unspecified atom stereocenters. The number of hydrogen-bond donors (Lipinski definition) is 1. The maximum absolute atomic E-state index is 7.00. The predicted octanol–water partition coefficient (Wildman–Crippen LogP) is 2.62. The van der Waals surface area contributed by atoms with Crippen LogP contribution >= 0.6 is 0 Å². The van der Waals surface area contributed by atoms with Gasteiger partial charge in [0.2, 0.25) is 0 Å². The van der Waals surface area contributed by atoms with Crippen LogP contribution < -0.4 is 0 Å². The van der Waals surface area contributed by atoms with Crippen LogP contribution in [0.4, 0.5) is 0 Å². The van der Waals surface area contributed by atoms with E-state index in [4.69, 9.17) is 9.84 Å². The number of hydrogen-bond acceptors (Lipinski definition) is 2. The predicted molar refractivity (Wildman–Crippen MR) is 55.4 cm³/mol. The fraction of sp³-hybridized carbons (Fsp3) is 0.800. The van der Waals surface area contributed by atoms with E-state index in [0.29, 0.717) is 0 Å². The van der Waals surface area contributed by atoms with Gasteiger partial charge in [0.05, 0.1) is 5.60 Å². The van der Waals surface area contributed by atoms with Crippen molar-refractivity contribution in [1.29, 1.82) is 0 Å². The first-order valence-electron chi connectivity index (χ1n) is 3.91. The van der Waals surface area contributed by atoms with Crippen molar-refractivity contribution in [2.24, 2.45) is 0 Å². The molecule has 0 fully saturated rings. The molecule has 0 rings (SSSR count). The minimum absolute atomic E-state index is 0.0417. The lowest BCUT2D eigenvalue weighted by molar-refractivity contribution is 0.0397. The van der Waals surface area contributed by atoms with Crippen LogP contribution in [0.3, 0.4) is 0 Å². The zero-order chi connectivity index (χ0) is 10.8. The van der Waals surface area contributed by atoms with Crippen LogP contribution in [-0.4, -0.2) is 24.9 Å². The number of allylic oxidation sites excluding steroid dienone is 1. The molecule has 0 aromatic heterocycles. The zero-order valence-corrected chi connectivity index (χ0v) is 9.56. The van der Waals surface area contributed by atoms with E-state index in [2.05, 4.69) is 6.58 Å². The molecule has 0 saturated carbocycles. The van der Waals surface area contributed by atoms with E-state index < -0.39 is 0 Å². The van der Waals surface area contributed by atoms with E-state index in [1.54, 1.807) is 7.11 Å². The highest BCUT2D eigenvalue weighted by atomic mass is 16.5. The molecule has 0 aromatic rings. The Hall–Kier alpha value is -0.340. The second-order valence-electron chi connectivity index (χ2n) is 3.52. The second-order valence-corrected chi connectivity index (χ2v) is 3.52.